The van der Waals surface area contributed by atoms with Crippen LogP contribution in [0.5, 0.6) is 0 Å². The van der Waals surface area contributed by atoms with Crippen molar-refractivity contribution in [1.29, 1.82) is 0 Å². The number of aryl methyl sites for hydroxylation is 1. The summed E-state index contributed by atoms with van der Waals surface area (Å²) in [6.45, 7) is 1.88. The summed E-state index contributed by atoms with van der Waals surface area (Å²) in [7, 11) is -3.70. The molecule has 0 amide bonds. The second-order valence-corrected chi connectivity index (χ2v) is 6.96. The van der Waals surface area contributed by atoms with Crippen LogP contribution in [0.15, 0.2) is 76.1 Å². The number of para-hydroxylation sites is 1. The van der Waals surface area contributed by atoms with Crippen molar-refractivity contribution < 1.29 is 12.9 Å². The number of benzene rings is 2. The van der Waals surface area contributed by atoms with E-state index in [1.54, 1.807) is 67.6 Å². The summed E-state index contributed by atoms with van der Waals surface area (Å²) in [6.07, 6.45) is 0. The van der Waals surface area contributed by atoms with Crippen LogP contribution in [-0.4, -0.2) is 13.6 Å². The third-order valence-corrected chi connectivity index (χ3v) is 5.14. The predicted molar refractivity (Wildman–Crippen MR) is 87.5 cm³/mol. The Bertz CT molecular complexity index is 874. The van der Waals surface area contributed by atoms with E-state index in [4.69, 9.17) is 4.52 Å². The van der Waals surface area contributed by atoms with Crippen molar-refractivity contribution in [3.05, 3.63) is 78.2 Å². The molecule has 0 aliphatic carbocycles. The lowest BCUT2D eigenvalue weighted by Gasteiger charge is -2.23. The first kappa shape index (κ1) is 15.3. The van der Waals surface area contributed by atoms with Crippen molar-refractivity contribution in [3.8, 4) is 0 Å². The monoisotopic (exact) mass is 328 g/mol. The minimum atomic E-state index is -3.70. The van der Waals surface area contributed by atoms with Gasteiger partial charge < -0.3 is 4.52 Å². The number of aromatic nitrogens is 1. The highest BCUT2D eigenvalue weighted by Gasteiger charge is 2.26. The molecule has 0 atom stereocenters. The van der Waals surface area contributed by atoms with Crippen LogP contribution in [0.2, 0.25) is 0 Å². The maximum Gasteiger partial charge on any atom is 0.264 e. The molecule has 0 unspecified atom stereocenters. The summed E-state index contributed by atoms with van der Waals surface area (Å²) in [4.78, 5) is 0.236. The summed E-state index contributed by atoms with van der Waals surface area (Å²) in [5.74, 6) is 0.492. The van der Waals surface area contributed by atoms with Crippen LogP contribution in [0.3, 0.4) is 0 Å². The van der Waals surface area contributed by atoms with Crippen molar-refractivity contribution in [2.24, 2.45) is 0 Å². The zero-order valence-corrected chi connectivity index (χ0v) is 13.4. The van der Waals surface area contributed by atoms with Gasteiger partial charge in [-0.25, -0.2) is 8.42 Å². The first-order valence-electron chi connectivity index (χ1n) is 7.12. The van der Waals surface area contributed by atoms with Crippen LogP contribution in [0.1, 0.15) is 11.5 Å². The molecule has 3 rings (SSSR count). The Balaban J connectivity index is 2.05. The number of hydrogen-bond acceptors (Lipinski definition) is 4. The lowest BCUT2D eigenvalue weighted by Crippen LogP contribution is -2.30. The fourth-order valence-corrected chi connectivity index (χ4v) is 3.71. The molecule has 3 aromatic rings. The fourth-order valence-electron chi connectivity index (χ4n) is 2.26. The molecule has 23 heavy (non-hydrogen) atoms. The summed E-state index contributed by atoms with van der Waals surface area (Å²) in [5.41, 5.74) is 1.29. The molecule has 0 bridgehead atoms. The average molecular weight is 328 g/mol. The smallest absolute Gasteiger partial charge is 0.264 e. The molecular weight excluding hydrogens is 312 g/mol. The Morgan fingerprint density at radius 1 is 1.00 bits per heavy atom. The summed E-state index contributed by atoms with van der Waals surface area (Å²) in [6, 6.07) is 19.0. The van der Waals surface area contributed by atoms with Crippen LogP contribution in [0.25, 0.3) is 0 Å². The first-order chi connectivity index (χ1) is 11.1. The van der Waals surface area contributed by atoms with Gasteiger partial charge in [0.15, 0.2) is 5.76 Å². The van der Waals surface area contributed by atoms with Gasteiger partial charge in [0.2, 0.25) is 0 Å². The minimum Gasteiger partial charge on any atom is -0.359 e. The molecule has 6 heteroatoms. The van der Waals surface area contributed by atoms with E-state index in [2.05, 4.69) is 5.16 Å². The maximum atomic E-state index is 13.0. The SMILES string of the molecule is Cc1cc(CN(c2ccccc2)S(=O)(=O)c2ccccc2)on1. The van der Waals surface area contributed by atoms with E-state index in [9.17, 15) is 8.42 Å². The van der Waals surface area contributed by atoms with E-state index >= 15 is 0 Å². The standard InChI is InChI=1S/C17H16N2O3S/c1-14-12-16(22-18-14)13-19(15-8-4-2-5-9-15)23(20,21)17-10-6-3-7-11-17/h2-12H,13H2,1H3. The Hall–Kier alpha value is -2.60. The number of hydrogen-bond donors (Lipinski definition) is 0. The molecule has 0 fully saturated rings. The molecule has 1 heterocycles. The normalized spacial score (nSPS) is 11.3. The Morgan fingerprint density at radius 3 is 2.17 bits per heavy atom. The van der Waals surface area contributed by atoms with Crippen molar-refractivity contribution in [3.63, 3.8) is 0 Å². The highest BCUT2D eigenvalue weighted by atomic mass is 32.2. The fraction of sp³-hybridized carbons (Fsp3) is 0.118. The molecule has 0 aliphatic heterocycles. The molecule has 2 aromatic carbocycles. The van der Waals surface area contributed by atoms with E-state index in [-0.39, 0.29) is 11.4 Å². The van der Waals surface area contributed by atoms with Crippen LogP contribution in [0, 0.1) is 6.92 Å². The van der Waals surface area contributed by atoms with Crippen molar-refractivity contribution >= 4 is 15.7 Å². The van der Waals surface area contributed by atoms with Gasteiger partial charge in [0.25, 0.3) is 10.0 Å². The maximum absolute atomic E-state index is 13.0. The van der Waals surface area contributed by atoms with E-state index in [1.807, 2.05) is 6.07 Å². The first-order valence-corrected chi connectivity index (χ1v) is 8.56. The molecule has 0 N–H and O–H groups in total. The van der Waals surface area contributed by atoms with Gasteiger partial charge in [-0.1, -0.05) is 41.6 Å². The third-order valence-electron chi connectivity index (χ3n) is 3.35. The van der Waals surface area contributed by atoms with Crippen LogP contribution in [-0.2, 0) is 16.6 Å². The lowest BCUT2D eigenvalue weighted by molar-refractivity contribution is 0.381. The summed E-state index contributed by atoms with van der Waals surface area (Å²) in [5, 5.41) is 3.82. The van der Waals surface area contributed by atoms with Crippen molar-refractivity contribution in [1.82, 2.24) is 5.16 Å². The van der Waals surface area contributed by atoms with Crippen LogP contribution < -0.4 is 4.31 Å². The van der Waals surface area contributed by atoms with Gasteiger partial charge in [-0.15, -0.1) is 0 Å². The second-order valence-electron chi connectivity index (χ2n) is 5.09. The van der Waals surface area contributed by atoms with Crippen LogP contribution in [0.4, 0.5) is 5.69 Å². The molecule has 0 aliphatic rings. The Kier molecular flexibility index (Phi) is 4.16. The van der Waals surface area contributed by atoms with Gasteiger partial charge in [0, 0.05) is 6.07 Å². The highest BCUT2D eigenvalue weighted by Crippen LogP contribution is 2.25. The van der Waals surface area contributed by atoms with E-state index in [0.29, 0.717) is 17.1 Å². The zero-order valence-electron chi connectivity index (χ0n) is 12.6. The van der Waals surface area contributed by atoms with Gasteiger partial charge in [-0.05, 0) is 31.2 Å². The van der Waals surface area contributed by atoms with Gasteiger partial charge >= 0.3 is 0 Å². The summed E-state index contributed by atoms with van der Waals surface area (Å²) >= 11 is 0. The lowest BCUT2D eigenvalue weighted by atomic mass is 10.3. The van der Waals surface area contributed by atoms with E-state index in [1.165, 1.54) is 4.31 Å². The minimum absolute atomic E-state index is 0.0854. The molecule has 5 nitrogen and oxygen atoms in total. The third kappa shape index (κ3) is 3.27. The Labute approximate surface area is 135 Å². The molecule has 1 aromatic heterocycles. The van der Waals surface area contributed by atoms with E-state index < -0.39 is 10.0 Å². The zero-order chi connectivity index (χ0) is 16.3. The van der Waals surface area contributed by atoms with Crippen molar-refractivity contribution in [2.45, 2.75) is 18.4 Å². The van der Waals surface area contributed by atoms with Gasteiger partial charge in [-0.2, -0.15) is 0 Å². The molecule has 0 saturated carbocycles. The van der Waals surface area contributed by atoms with Gasteiger partial charge in [0.05, 0.1) is 22.8 Å². The van der Waals surface area contributed by atoms with Gasteiger partial charge in [0.1, 0.15) is 0 Å². The number of rotatable bonds is 5. The van der Waals surface area contributed by atoms with Crippen molar-refractivity contribution in [2.75, 3.05) is 4.31 Å². The van der Waals surface area contributed by atoms with Gasteiger partial charge in [-0.3, -0.25) is 4.31 Å². The molecular formula is C17H16N2O3S. The van der Waals surface area contributed by atoms with Crippen LogP contribution >= 0.6 is 0 Å². The topological polar surface area (TPSA) is 63.4 Å². The Morgan fingerprint density at radius 2 is 1.61 bits per heavy atom. The predicted octanol–water partition coefficient (Wildman–Crippen LogP) is 3.38. The summed E-state index contributed by atoms with van der Waals surface area (Å²) < 4.78 is 32.5. The molecule has 0 radical (unpaired) electrons. The number of sulfonamides is 1. The number of anilines is 1. The molecule has 118 valence electrons. The quantitative estimate of drug-likeness (QED) is 0.720. The average Bonchev–Trinajstić information content (AvgIpc) is 2.99. The van der Waals surface area contributed by atoms with E-state index in [0.717, 1.165) is 0 Å². The molecule has 0 saturated heterocycles. The number of nitrogens with zero attached hydrogens (tertiary/aromatic N) is 2. The second kappa shape index (κ2) is 6.26. The largest absolute Gasteiger partial charge is 0.359 e. The molecule has 0 spiro atoms. The highest BCUT2D eigenvalue weighted by molar-refractivity contribution is 7.92.